The summed E-state index contributed by atoms with van der Waals surface area (Å²) < 4.78 is 5.27. The molecule has 7 nitrogen and oxygen atoms in total. The number of carbonyl (C=O) groups is 4. The normalized spacial score (nSPS) is 14.9. The van der Waals surface area contributed by atoms with Crippen LogP contribution in [0.5, 0.6) is 0 Å². The second-order valence-electron chi connectivity index (χ2n) is 7.35. The molecule has 1 N–H and O–H groups in total. The predicted octanol–water partition coefficient (Wildman–Crippen LogP) is 3.57. The summed E-state index contributed by atoms with van der Waals surface area (Å²) in [6, 6.07) is 11.3. The van der Waals surface area contributed by atoms with Gasteiger partial charge in [0.1, 0.15) is 0 Å². The van der Waals surface area contributed by atoms with Crippen LogP contribution in [0.15, 0.2) is 42.5 Å². The van der Waals surface area contributed by atoms with E-state index in [9.17, 15) is 19.2 Å². The fourth-order valence-corrected chi connectivity index (χ4v) is 3.20. The van der Waals surface area contributed by atoms with E-state index < -0.39 is 23.9 Å². The quantitative estimate of drug-likeness (QED) is 0.583. The number of imide groups is 1. The second kappa shape index (κ2) is 8.49. The lowest BCUT2D eigenvalue weighted by Gasteiger charge is -2.20. The van der Waals surface area contributed by atoms with Crippen LogP contribution in [0.1, 0.15) is 63.8 Å². The van der Waals surface area contributed by atoms with Gasteiger partial charge in [0.05, 0.1) is 16.7 Å². The van der Waals surface area contributed by atoms with Gasteiger partial charge in [-0.05, 0) is 57.0 Å². The van der Waals surface area contributed by atoms with Crippen LogP contribution in [-0.2, 0) is 9.53 Å². The van der Waals surface area contributed by atoms with Gasteiger partial charge < -0.3 is 10.1 Å². The standard InChI is InChI=1S/C23H24N2O5/c1-5-14(3)25-21(27)17-11-10-16(12-18(17)22(25)28)23(29)30-15(4)20(26)24-19-9-7-6-8-13(19)2/h6-12,14-15H,5H2,1-4H3,(H,24,26)/t14-,15+/m1/s1. The summed E-state index contributed by atoms with van der Waals surface area (Å²) >= 11 is 0. The number of para-hydroxylation sites is 1. The van der Waals surface area contributed by atoms with Gasteiger partial charge in [-0.2, -0.15) is 0 Å². The van der Waals surface area contributed by atoms with Crippen molar-refractivity contribution in [2.75, 3.05) is 5.32 Å². The molecule has 3 amide bonds. The average molecular weight is 408 g/mol. The fraction of sp³-hybridized carbons (Fsp3) is 0.304. The van der Waals surface area contributed by atoms with Crippen LogP contribution in [0.3, 0.4) is 0 Å². The number of hydrogen-bond acceptors (Lipinski definition) is 5. The van der Waals surface area contributed by atoms with E-state index in [1.807, 2.05) is 26.0 Å². The number of ether oxygens (including phenoxy) is 1. The first-order valence-electron chi connectivity index (χ1n) is 9.84. The van der Waals surface area contributed by atoms with Crippen molar-refractivity contribution in [3.63, 3.8) is 0 Å². The fourth-order valence-electron chi connectivity index (χ4n) is 3.20. The number of carbonyl (C=O) groups excluding carboxylic acids is 4. The zero-order valence-electron chi connectivity index (χ0n) is 17.4. The molecule has 156 valence electrons. The van der Waals surface area contributed by atoms with Gasteiger partial charge in [-0.3, -0.25) is 19.3 Å². The van der Waals surface area contributed by atoms with E-state index in [0.717, 1.165) is 5.56 Å². The molecule has 0 fully saturated rings. The zero-order valence-corrected chi connectivity index (χ0v) is 17.4. The lowest BCUT2D eigenvalue weighted by molar-refractivity contribution is -0.123. The van der Waals surface area contributed by atoms with Crippen molar-refractivity contribution in [3.8, 4) is 0 Å². The number of aryl methyl sites for hydroxylation is 1. The van der Waals surface area contributed by atoms with Crippen molar-refractivity contribution in [1.82, 2.24) is 4.90 Å². The lowest BCUT2D eigenvalue weighted by atomic mass is 10.1. The van der Waals surface area contributed by atoms with Crippen molar-refractivity contribution in [2.45, 2.75) is 46.3 Å². The topological polar surface area (TPSA) is 92.8 Å². The molecular weight excluding hydrogens is 384 g/mol. The molecule has 0 aliphatic carbocycles. The number of nitrogens with one attached hydrogen (secondary N) is 1. The Morgan fingerprint density at radius 1 is 1.03 bits per heavy atom. The van der Waals surface area contributed by atoms with Gasteiger partial charge in [0, 0.05) is 11.7 Å². The van der Waals surface area contributed by atoms with Crippen LogP contribution in [0, 0.1) is 6.92 Å². The van der Waals surface area contributed by atoms with Crippen molar-refractivity contribution in [2.24, 2.45) is 0 Å². The Balaban J connectivity index is 1.72. The first-order chi connectivity index (χ1) is 14.2. The molecule has 2 atom stereocenters. The molecule has 30 heavy (non-hydrogen) atoms. The molecule has 0 unspecified atom stereocenters. The van der Waals surface area contributed by atoms with Crippen molar-refractivity contribution in [1.29, 1.82) is 0 Å². The molecular formula is C23H24N2O5. The molecule has 1 aliphatic rings. The third-order valence-corrected chi connectivity index (χ3v) is 5.24. The van der Waals surface area contributed by atoms with Gasteiger partial charge in [-0.15, -0.1) is 0 Å². The van der Waals surface area contributed by atoms with E-state index in [1.54, 1.807) is 19.1 Å². The van der Waals surface area contributed by atoms with Crippen LogP contribution >= 0.6 is 0 Å². The SMILES string of the molecule is CC[C@@H](C)N1C(=O)c2ccc(C(=O)O[C@@H](C)C(=O)Nc3ccccc3C)cc2C1=O. The summed E-state index contributed by atoms with van der Waals surface area (Å²) in [5, 5.41) is 2.72. The maximum absolute atomic E-state index is 12.6. The molecule has 0 spiro atoms. The summed E-state index contributed by atoms with van der Waals surface area (Å²) in [7, 11) is 0. The van der Waals surface area contributed by atoms with Crippen LogP contribution in [0.25, 0.3) is 0 Å². The van der Waals surface area contributed by atoms with Crippen LogP contribution in [-0.4, -0.2) is 40.7 Å². The van der Waals surface area contributed by atoms with Gasteiger partial charge in [0.25, 0.3) is 17.7 Å². The Labute approximate surface area is 175 Å². The number of anilines is 1. The molecule has 0 saturated carbocycles. The first-order valence-corrected chi connectivity index (χ1v) is 9.84. The Kier molecular flexibility index (Phi) is 6.01. The minimum Gasteiger partial charge on any atom is -0.449 e. The summed E-state index contributed by atoms with van der Waals surface area (Å²) in [5.74, 6) is -2.00. The number of esters is 1. The number of hydrogen-bond donors (Lipinski definition) is 1. The summed E-state index contributed by atoms with van der Waals surface area (Å²) in [6.45, 7) is 7.02. The molecule has 1 heterocycles. The van der Waals surface area contributed by atoms with Gasteiger partial charge in [0.2, 0.25) is 0 Å². The molecule has 2 aromatic rings. The van der Waals surface area contributed by atoms with E-state index >= 15 is 0 Å². The second-order valence-corrected chi connectivity index (χ2v) is 7.35. The number of rotatable bonds is 6. The largest absolute Gasteiger partial charge is 0.449 e. The van der Waals surface area contributed by atoms with Gasteiger partial charge >= 0.3 is 5.97 Å². The summed E-state index contributed by atoms with van der Waals surface area (Å²) in [4.78, 5) is 51.2. The molecule has 3 rings (SSSR count). The van der Waals surface area contributed by atoms with Gasteiger partial charge in [-0.1, -0.05) is 25.1 Å². The lowest BCUT2D eigenvalue weighted by Crippen LogP contribution is -2.37. The zero-order chi connectivity index (χ0) is 22.0. The van der Waals surface area contributed by atoms with Gasteiger partial charge in [0.15, 0.2) is 6.10 Å². The summed E-state index contributed by atoms with van der Waals surface area (Å²) in [5.41, 5.74) is 2.07. The highest BCUT2D eigenvalue weighted by Gasteiger charge is 2.38. The highest BCUT2D eigenvalue weighted by Crippen LogP contribution is 2.27. The Morgan fingerprint density at radius 2 is 1.70 bits per heavy atom. The van der Waals surface area contributed by atoms with Crippen LogP contribution in [0.2, 0.25) is 0 Å². The monoisotopic (exact) mass is 408 g/mol. The van der Waals surface area contributed by atoms with E-state index in [2.05, 4.69) is 5.32 Å². The maximum Gasteiger partial charge on any atom is 0.338 e. The van der Waals surface area contributed by atoms with Crippen molar-refractivity contribution < 1.29 is 23.9 Å². The molecule has 2 aromatic carbocycles. The smallest absolute Gasteiger partial charge is 0.338 e. The molecule has 0 bridgehead atoms. The minimum absolute atomic E-state index is 0.108. The van der Waals surface area contributed by atoms with Crippen LogP contribution < -0.4 is 5.32 Å². The third-order valence-electron chi connectivity index (χ3n) is 5.24. The highest BCUT2D eigenvalue weighted by atomic mass is 16.5. The highest BCUT2D eigenvalue weighted by molar-refractivity contribution is 6.22. The molecule has 0 radical (unpaired) electrons. The molecule has 0 aromatic heterocycles. The predicted molar refractivity (Wildman–Crippen MR) is 111 cm³/mol. The maximum atomic E-state index is 12.6. The van der Waals surface area contributed by atoms with E-state index in [4.69, 9.17) is 4.74 Å². The van der Waals surface area contributed by atoms with Crippen molar-refractivity contribution in [3.05, 3.63) is 64.7 Å². The molecule has 1 aliphatic heterocycles. The Morgan fingerprint density at radius 3 is 2.37 bits per heavy atom. The third kappa shape index (κ3) is 3.96. The summed E-state index contributed by atoms with van der Waals surface area (Å²) in [6.07, 6.45) is -0.409. The van der Waals surface area contributed by atoms with E-state index in [1.165, 1.54) is 30.0 Å². The number of amides is 3. The van der Waals surface area contributed by atoms with Gasteiger partial charge in [-0.25, -0.2) is 4.79 Å². The number of nitrogens with zero attached hydrogens (tertiary/aromatic N) is 1. The molecule has 0 saturated heterocycles. The van der Waals surface area contributed by atoms with E-state index in [0.29, 0.717) is 12.1 Å². The number of fused-ring (bicyclic) bond motifs is 1. The van der Waals surface area contributed by atoms with Crippen molar-refractivity contribution >= 4 is 29.4 Å². The first kappa shape index (κ1) is 21.2. The van der Waals surface area contributed by atoms with Crippen LogP contribution in [0.4, 0.5) is 5.69 Å². The number of benzene rings is 2. The molecule has 7 heteroatoms. The van der Waals surface area contributed by atoms with E-state index in [-0.39, 0.29) is 28.6 Å². The minimum atomic E-state index is -1.04. The average Bonchev–Trinajstić information content (AvgIpc) is 2.98. The Bertz CT molecular complexity index is 1030. The Hall–Kier alpha value is -3.48.